The zero-order valence-corrected chi connectivity index (χ0v) is 8.70. The maximum Gasteiger partial charge on any atom is 0.223 e. The molecule has 1 aromatic rings. The number of aromatic hydroxyl groups is 1. The number of aromatic nitrogens is 1. The number of anilines is 1. The second-order valence-electron chi connectivity index (χ2n) is 3.51. The van der Waals surface area contributed by atoms with E-state index < -0.39 is 0 Å². The van der Waals surface area contributed by atoms with Crippen molar-refractivity contribution in [3.63, 3.8) is 0 Å². The Bertz CT molecular complexity index is 303. The van der Waals surface area contributed by atoms with Crippen molar-refractivity contribution in [2.24, 2.45) is 0 Å². The van der Waals surface area contributed by atoms with Gasteiger partial charge in [0, 0.05) is 6.54 Å². The van der Waals surface area contributed by atoms with Crippen LogP contribution in [0.25, 0.3) is 0 Å². The van der Waals surface area contributed by atoms with Gasteiger partial charge in [0.25, 0.3) is 0 Å². The van der Waals surface area contributed by atoms with Crippen LogP contribution in [0, 0.1) is 0 Å². The molecule has 1 fully saturated rings. The lowest BCUT2D eigenvalue weighted by molar-refractivity contribution is 0.240. The normalized spacial score (nSPS) is 22.6. The first-order valence-electron chi connectivity index (χ1n) is 4.83. The van der Waals surface area contributed by atoms with E-state index in [9.17, 15) is 5.11 Å². The van der Waals surface area contributed by atoms with Gasteiger partial charge in [0.1, 0.15) is 0 Å². The van der Waals surface area contributed by atoms with Crippen LogP contribution < -0.4 is 4.90 Å². The number of aliphatic hydroxyl groups is 1. The Labute approximate surface area is 86.8 Å². The molecule has 1 aliphatic rings. The van der Waals surface area contributed by atoms with Crippen molar-refractivity contribution in [3.05, 3.63) is 5.38 Å². The van der Waals surface area contributed by atoms with Gasteiger partial charge in [-0.1, -0.05) is 0 Å². The number of nitrogens with zero attached hydrogens (tertiary/aromatic N) is 2. The van der Waals surface area contributed by atoms with Crippen LogP contribution in [0.5, 0.6) is 5.88 Å². The molecule has 1 aliphatic heterocycles. The molecule has 2 rings (SSSR count). The molecule has 1 atom stereocenters. The monoisotopic (exact) mass is 214 g/mol. The number of rotatable bonds is 2. The largest absolute Gasteiger partial charge is 0.493 e. The molecule has 2 N–H and O–H groups in total. The van der Waals surface area contributed by atoms with Gasteiger partial charge >= 0.3 is 0 Å². The first-order chi connectivity index (χ1) is 6.81. The Morgan fingerprint density at radius 3 is 3.07 bits per heavy atom. The Kier molecular flexibility index (Phi) is 2.88. The Morgan fingerprint density at radius 2 is 2.43 bits per heavy atom. The Hall–Kier alpha value is -0.810. The number of hydrogen-bond donors (Lipinski definition) is 2. The summed E-state index contributed by atoms with van der Waals surface area (Å²) in [5, 5.41) is 20.8. The fraction of sp³-hybridized carbons (Fsp3) is 0.667. The topological polar surface area (TPSA) is 56.6 Å². The van der Waals surface area contributed by atoms with Crippen LogP contribution in [0.2, 0.25) is 0 Å². The van der Waals surface area contributed by atoms with Crippen molar-refractivity contribution in [3.8, 4) is 5.88 Å². The molecule has 1 saturated heterocycles. The van der Waals surface area contributed by atoms with Crippen LogP contribution >= 0.6 is 11.3 Å². The van der Waals surface area contributed by atoms with Gasteiger partial charge < -0.3 is 15.1 Å². The fourth-order valence-electron chi connectivity index (χ4n) is 1.83. The zero-order valence-electron chi connectivity index (χ0n) is 7.89. The van der Waals surface area contributed by atoms with Crippen molar-refractivity contribution in [1.82, 2.24) is 4.98 Å². The summed E-state index contributed by atoms with van der Waals surface area (Å²) in [6, 6.07) is 0.175. The molecule has 1 aromatic heterocycles. The van der Waals surface area contributed by atoms with Gasteiger partial charge in [-0.25, -0.2) is 0 Å². The van der Waals surface area contributed by atoms with E-state index in [4.69, 9.17) is 5.11 Å². The van der Waals surface area contributed by atoms with E-state index in [2.05, 4.69) is 9.88 Å². The molecule has 2 heterocycles. The van der Waals surface area contributed by atoms with Gasteiger partial charge in [-0.05, 0) is 19.3 Å². The molecule has 4 nitrogen and oxygen atoms in total. The van der Waals surface area contributed by atoms with Gasteiger partial charge in [-0.15, -0.1) is 11.3 Å². The molecule has 78 valence electrons. The summed E-state index contributed by atoms with van der Waals surface area (Å²) >= 11 is 1.43. The van der Waals surface area contributed by atoms with E-state index >= 15 is 0 Å². The summed E-state index contributed by atoms with van der Waals surface area (Å²) in [5.41, 5.74) is 0. The molecule has 0 amide bonds. The van der Waals surface area contributed by atoms with Crippen LogP contribution in [0.1, 0.15) is 19.3 Å². The number of thiazole rings is 1. The van der Waals surface area contributed by atoms with Crippen LogP contribution in [0.15, 0.2) is 5.38 Å². The second-order valence-corrected chi connectivity index (χ2v) is 4.35. The highest BCUT2D eigenvalue weighted by atomic mass is 32.1. The molecule has 0 bridgehead atoms. The third kappa shape index (κ3) is 1.83. The summed E-state index contributed by atoms with van der Waals surface area (Å²) in [6.45, 7) is 1.10. The first-order valence-corrected chi connectivity index (χ1v) is 5.71. The lowest BCUT2D eigenvalue weighted by Crippen LogP contribution is -2.41. The second kappa shape index (κ2) is 4.14. The molecule has 0 aromatic carbocycles. The predicted molar refractivity (Wildman–Crippen MR) is 55.8 cm³/mol. The smallest absolute Gasteiger partial charge is 0.223 e. The summed E-state index contributed by atoms with van der Waals surface area (Å²) in [6.07, 6.45) is 3.31. The van der Waals surface area contributed by atoms with E-state index in [-0.39, 0.29) is 18.5 Å². The molecular formula is C9H14N2O2S. The molecule has 0 aliphatic carbocycles. The molecule has 0 radical (unpaired) electrons. The zero-order chi connectivity index (χ0) is 9.97. The third-order valence-electron chi connectivity index (χ3n) is 2.56. The molecule has 0 spiro atoms. The number of hydrogen-bond acceptors (Lipinski definition) is 5. The van der Waals surface area contributed by atoms with Crippen LogP contribution in [-0.4, -0.2) is 34.4 Å². The third-order valence-corrected chi connectivity index (χ3v) is 3.43. The summed E-state index contributed by atoms with van der Waals surface area (Å²) < 4.78 is 0. The van der Waals surface area contributed by atoms with E-state index in [0.717, 1.165) is 24.5 Å². The van der Waals surface area contributed by atoms with E-state index in [1.807, 2.05) is 0 Å². The van der Waals surface area contributed by atoms with Crippen molar-refractivity contribution >= 4 is 16.5 Å². The summed E-state index contributed by atoms with van der Waals surface area (Å²) in [4.78, 5) is 6.11. The first kappa shape index (κ1) is 9.73. The number of aliphatic hydroxyl groups excluding tert-OH is 1. The lowest BCUT2D eigenvalue weighted by atomic mass is 10.0. The van der Waals surface area contributed by atoms with Crippen molar-refractivity contribution in [1.29, 1.82) is 0 Å². The molecule has 14 heavy (non-hydrogen) atoms. The molecular weight excluding hydrogens is 200 g/mol. The average molecular weight is 214 g/mol. The lowest BCUT2D eigenvalue weighted by Gasteiger charge is -2.34. The average Bonchev–Trinajstić information content (AvgIpc) is 2.65. The van der Waals surface area contributed by atoms with Gasteiger partial charge in [-0.3, -0.25) is 0 Å². The number of piperidine rings is 1. The van der Waals surface area contributed by atoms with Gasteiger partial charge in [-0.2, -0.15) is 4.98 Å². The van der Waals surface area contributed by atoms with E-state index in [1.165, 1.54) is 17.8 Å². The quantitative estimate of drug-likeness (QED) is 0.776. The van der Waals surface area contributed by atoms with Crippen LogP contribution in [0.3, 0.4) is 0 Å². The summed E-state index contributed by atoms with van der Waals surface area (Å²) in [7, 11) is 0. The van der Waals surface area contributed by atoms with Crippen molar-refractivity contribution in [2.75, 3.05) is 18.1 Å². The minimum atomic E-state index is 0.0762. The van der Waals surface area contributed by atoms with Crippen molar-refractivity contribution in [2.45, 2.75) is 25.3 Å². The van der Waals surface area contributed by atoms with Crippen LogP contribution in [0.4, 0.5) is 5.13 Å². The standard InChI is InChI=1S/C9H14N2O2S/c12-5-7-3-1-2-4-11(7)9-10-8(13)6-14-9/h6-7,12-13H,1-5H2. The highest BCUT2D eigenvalue weighted by Gasteiger charge is 2.23. The molecule has 1 unspecified atom stereocenters. The highest BCUT2D eigenvalue weighted by Crippen LogP contribution is 2.29. The maximum atomic E-state index is 9.20. The minimum absolute atomic E-state index is 0.0762. The van der Waals surface area contributed by atoms with Gasteiger partial charge in [0.05, 0.1) is 18.0 Å². The fourth-order valence-corrected chi connectivity index (χ4v) is 2.62. The van der Waals surface area contributed by atoms with Gasteiger partial charge in [0.2, 0.25) is 5.88 Å². The summed E-state index contributed by atoms with van der Waals surface area (Å²) in [5.74, 6) is 0.0762. The maximum absolute atomic E-state index is 9.20. The molecule has 5 heteroatoms. The Balaban J connectivity index is 2.14. The predicted octanol–water partition coefficient (Wildman–Crippen LogP) is 1.20. The van der Waals surface area contributed by atoms with E-state index in [1.54, 1.807) is 5.38 Å². The van der Waals surface area contributed by atoms with Crippen molar-refractivity contribution < 1.29 is 10.2 Å². The SMILES string of the molecule is OCC1CCCCN1c1nc(O)cs1. The highest BCUT2D eigenvalue weighted by molar-refractivity contribution is 7.13. The Morgan fingerprint density at radius 1 is 1.57 bits per heavy atom. The van der Waals surface area contributed by atoms with E-state index in [0.29, 0.717) is 0 Å². The van der Waals surface area contributed by atoms with Crippen LogP contribution in [-0.2, 0) is 0 Å². The van der Waals surface area contributed by atoms with Gasteiger partial charge in [0.15, 0.2) is 5.13 Å². The minimum Gasteiger partial charge on any atom is -0.493 e. The molecule has 0 saturated carbocycles.